The highest BCUT2D eigenvalue weighted by atomic mass is 16.2. The summed E-state index contributed by atoms with van der Waals surface area (Å²) in [6.07, 6.45) is 4.05. The minimum absolute atomic E-state index is 0.171. The van der Waals surface area contributed by atoms with Crippen LogP contribution in [-0.2, 0) is 4.79 Å². The fourth-order valence-corrected chi connectivity index (χ4v) is 2.05. The number of amides is 1. The number of aryl methyl sites for hydroxylation is 1. The van der Waals surface area contributed by atoms with E-state index in [1.54, 1.807) is 6.20 Å². The maximum atomic E-state index is 12.1. The van der Waals surface area contributed by atoms with Crippen molar-refractivity contribution in [3.05, 3.63) is 23.9 Å². The molecule has 1 aliphatic rings. The smallest absolute Gasteiger partial charge is 0.244 e. The first kappa shape index (κ1) is 11.9. The fourth-order valence-electron chi connectivity index (χ4n) is 2.05. The molecular weight excluding hydrogens is 214 g/mol. The lowest BCUT2D eigenvalue weighted by Gasteiger charge is -2.21. The Balaban J connectivity index is 1.93. The van der Waals surface area contributed by atoms with E-state index >= 15 is 0 Å². The molecule has 1 atom stereocenters. The van der Waals surface area contributed by atoms with Crippen molar-refractivity contribution in [3.63, 3.8) is 0 Å². The van der Waals surface area contributed by atoms with Gasteiger partial charge in [0.15, 0.2) is 0 Å². The average molecular weight is 233 g/mol. The third-order valence-corrected chi connectivity index (χ3v) is 3.06. The molecule has 2 heterocycles. The summed E-state index contributed by atoms with van der Waals surface area (Å²) in [5.74, 6) is 0.931. The van der Waals surface area contributed by atoms with Crippen LogP contribution in [0.25, 0.3) is 0 Å². The Bertz CT molecular complexity index is 382. The molecule has 0 bridgehead atoms. The van der Waals surface area contributed by atoms with Crippen LogP contribution in [0, 0.1) is 6.92 Å². The van der Waals surface area contributed by atoms with Crippen molar-refractivity contribution in [2.75, 3.05) is 18.4 Å². The first-order chi connectivity index (χ1) is 8.16. The molecule has 1 aromatic rings. The highest BCUT2D eigenvalue weighted by molar-refractivity contribution is 5.84. The van der Waals surface area contributed by atoms with E-state index in [1.807, 2.05) is 30.9 Å². The molecule has 0 aromatic carbocycles. The quantitative estimate of drug-likeness (QED) is 0.866. The third kappa shape index (κ3) is 2.96. The van der Waals surface area contributed by atoms with Gasteiger partial charge in [0, 0.05) is 19.3 Å². The molecule has 1 fully saturated rings. The molecule has 4 heteroatoms. The van der Waals surface area contributed by atoms with Crippen LogP contribution in [0.5, 0.6) is 0 Å². The Morgan fingerprint density at radius 2 is 2.12 bits per heavy atom. The molecule has 1 saturated heterocycles. The minimum Gasteiger partial charge on any atom is -0.359 e. The Labute approximate surface area is 102 Å². The van der Waals surface area contributed by atoms with Gasteiger partial charge in [-0.1, -0.05) is 6.07 Å². The van der Waals surface area contributed by atoms with Crippen LogP contribution >= 0.6 is 0 Å². The van der Waals surface area contributed by atoms with Gasteiger partial charge in [0.1, 0.15) is 11.9 Å². The van der Waals surface area contributed by atoms with E-state index in [0.717, 1.165) is 37.3 Å². The van der Waals surface area contributed by atoms with Gasteiger partial charge in [-0.3, -0.25) is 4.79 Å². The van der Waals surface area contributed by atoms with Gasteiger partial charge in [0.05, 0.1) is 0 Å². The van der Waals surface area contributed by atoms with Gasteiger partial charge < -0.3 is 10.2 Å². The van der Waals surface area contributed by atoms with E-state index in [4.69, 9.17) is 0 Å². The maximum absolute atomic E-state index is 12.1. The molecule has 1 unspecified atom stereocenters. The molecule has 0 aliphatic carbocycles. The number of nitrogens with zero attached hydrogens (tertiary/aromatic N) is 2. The minimum atomic E-state index is -0.205. The molecular formula is C13H19N3O. The van der Waals surface area contributed by atoms with Crippen molar-refractivity contribution in [2.24, 2.45) is 0 Å². The van der Waals surface area contributed by atoms with E-state index in [9.17, 15) is 4.79 Å². The van der Waals surface area contributed by atoms with Gasteiger partial charge in [0.25, 0.3) is 0 Å². The van der Waals surface area contributed by atoms with Crippen LogP contribution in [0.4, 0.5) is 5.82 Å². The normalized spacial score (nSPS) is 16.9. The van der Waals surface area contributed by atoms with Crippen LogP contribution in [0.1, 0.15) is 25.3 Å². The third-order valence-electron chi connectivity index (χ3n) is 3.06. The van der Waals surface area contributed by atoms with Crippen molar-refractivity contribution in [2.45, 2.75) is 32.7 Å². The molecule has 92 valence electrons. The molecule has 1 aliphatic heterocycles. The Hall–Kier alpha value is -1.58. The summed E-state index contributed by atoms with van der Waals surface area (Å²) in [6.45, 7) is 5.68. The summed E-state index contributed by atoms with van der Waals surface area (Å²) in [5, 5.41) is 3.14. The predicted octanol–water partition coefficient (Wildman–Crippen LogP) is 1.81. The maximum Gasteiger partial charge on any atom is 0.244 e. The molecule has 1 aromatic heterocycles. The van der Waals surface area contributed by atoms with Gasteiger partial charge >= 0.3 is 0 Å². The second-order valence-corrected chi connectivity index (χ2v) is 4.62. The molecule has 2 rings (SSSR count). The Kier molecular flexibility index (Phi) is 3.61. The summed E-state index contributed by atoms with van der Waals surface area (Å²) in [4.78, 5) is 18.2. The SMILES string of the molecule is Cc1ccc(NC(C)C(=O)N2CCCC2)nc1. The number of hydrogen-bond acceptors (Lipinski definition) is 3. The summed E-state index contributed by atoms with van der Waals surface area (Å²) in [7, 11) is 0. The molecule has 0 saturated carbocycles. The van der Waals surface area contributed by atoms with Gasteiger partial charge in [-0.15, -0.1) is 0 Å². The summed E-state index contributed by atoms with van der Waals surface area (Å²) in [6, 6.07) is 3.69. The number of aromatic nitrogens is 1. The monoisotopic (exact) mass is 233 g/mol. The summed E-state index contributed by atoms with van der Waals surface area (Å²) in [5.41, 5.74) is 1.12. The predicted molar refractivity (Wildman–Crippen MR) is 67.9 cm³/mol. The largest absolute Gasteiger partial charge is 0.359 e. The van der Waals surface area contributed by atoms with Crippen LogP contribution in [0.15, 0.2) is 18.3 Å². The van der Waals surface area contributed by atoms with Crippen LogP contribution in [0.2, 0.25) is 0 Å². The number of nitrogens with one attached hydrogen (secondary N) is 1. The molecule has 0 radical (unpaired) electrons. The second-order valence-electron chi connectivity index (χ2n) is 4.62. The lowest BCUT2D eigenvalue weighted by Crippen LogP contribution is -2.39. The Morgan fingerprint density at radius 3 is 2.71 bits per heavy atom. The standard InChI is InChI=1S/C13H19N3O/c1-10-5-6-12(14-9-10)15-11(2)13(17)16-7-3-4-8-16/h5-6,9,11H,3-4,7-8H2,1-2H3,(H,14,15). The zero-order valence-electron chi connectivity index (χ0n) is 10.4. The van der Waals surface area contributed by atoms with E-state index in [0.29, 0.717) is 0 Å². The van der Waals surface area contributed by atoms with E-state index in [2.05, 4.69) is 10.3 Å². The average Bonchev–Trinajstić information content (AvgIpc) is 2.84. The van der Waals surface area contributed by atoms with Gasteiger partial charge in [0.2, 0.25) is 5.91 Å². The number of likely N-dealkylation sites (tertiary alicyclic amines) is 1. The topological polar surface area (TPSA) is 45.2 Å². The van der Waals surface area contributed by atoms with E-state index in [-0.39, 0.29) is 11.9 Å². The number of pyridine rings is 1. The number of carbonyl (C=O) groups excluding carboxylic acids is 1. The molecule has 1 N–H and O–H groups in total. The van der Waals surface area contributed by atoms with Gasteiger partial charge in [-0.2, -0.15) is 0 Å². The molecule has 4 nitrogen and oxygen atoms in total. The van der Waals surface area contributed by atoms with Gasteiger partial charge in [-0.25, -0.2) is 4.98 Å². The lowest BCUT2D eigenvalue weighted by molar-refractivity contribution is -0.130. The van der Waals surface area contributed by atoms with E-state index < -0.39 is 0 Å². The van der Waals surface area contributed by atoms with Crippen LogP contribution < -0.4 is 5.32 Å². The number of rotatable bonds is 3. The fraction of sp³-hybridized carbons (Fsp3) is 0.538. The van der Waals surface area contributed by atoms with E-state index in [1.165, 1.54) is 0 Å². The second kappa shape index (κ2) is 5.17. The first-order valence-corrected chi connectivity index (χ1v) is 6.15. The van der Waals surface area contributed by atoms with Gasteiger partial charge in [-0.05, 0) is 38.3 Å². The zero-order chi connectivity index (χ0) is 12.3. The zero-order valence-corrected chi connectivity index (χ0v) is 10.4. The number of hydrogen-bond donors (Lipinski definition) is 1. The number of anilines is 1. The number of carbonyl (C=O) groups is 1. The lowest BCUT2D eigenvalue weighted by atomic mass is 10.2. The molecule has 1 amide bonds. The highest BCUT2D eigenvalue weighted by Crippen LogP contribution is 2.11. The molecule has 17 heavy (non-hydrogen) atoms. The van der Waals surface area contributed by atoms with Crippen LogP contribution in [0.3, 0.4) is 0 Å². The molecule has 0 spiro atoms. The Morgan fingerprint density at radius 1 is 1.41 bits per heavy atom. The van der Waals surface area contributed by atoms with Crippen molar-refractivity contribution < 1.29 is 4.79 Å². The summed E-state index contributed by atoms with van der Waals surface area (Å²) < 4.78 is 0. The van der Waals surface area contributed by atoms with Crippen LogP contribution in [-0.4, -0.2) is 34.9 Å². The highest BCUT2D eigenvalue weighted by Gasteiger charge is 2.23. The van der Waals surface area contributed by atoms with Crippen molar-refractivity contribution >= 4 is 11.7 Å². The summed E-state index contributed by atoms with van der Waals surface area (Å²) >= 11 is 0. The van der Waals surface area contributed by atoms with Crippen molar-refractivity contribution in [1.82, 2.24) is 9.88 Å². The van der Waals surface area contributed by atoms with Crippen molar-refractivity contribution in [3.8, 4) is 0 Å². The van der Waals surface area contributed by atoms with Crippen molar-refractivity contribution in [1.29, 1.82) is 0 Å². The first-order valence-electron chi connectivity index (χ1n) is 6.15.